The third-order valence-corrected chi connectivity index (χ3v) is 2.97. The molecule has 0 aromatic heterocycles. The van der Waals surface area contributed by atoms with E-state index in [0.29, 0.717) is 0 Å². The summed E-state index contributed by atoms with van der Waals surface area (Å²) in [4.78, 5) is 13.1. The first-order chi connectivity index (χ1) is 7.20. The number of rotatable bonds is 1. The number of benzene rings is 1. The number of hydrogen-bond donors (Lipinski definition) is 1. The zero-order valence-corrected chi connectivity index (χ0v) is 9.16. The minimum absolute atomic E-state index is 0.0347. The van der Waals surface area contributed by atoms with Gasteiger partial charge in [0.1, 0.15) is 6.17 Å². The van der Waals surface area contributed by atoms with Crippen molar-refractivity contribution in [2.45, 2.75) is 19.5 Å². The summed E-state index contributed by atoms with van der Waals surface area (Å²) >= 11 is 0. The lowest BCUT2D eigenvalue weighted by Crippen LogP contribution is -2.42. The third-order valence-electron chi connectivity index (χ3n) is 2.97. The van der Waals surface area contributed by atoms with Crippen LogP contribution in [0.15, 0.2) is 24.3 Å². The van der Waals surface area contributed by atoms with E-state index < -0.39 is 0 Å². The molecule has 1 N–H and O–H groups in total. The van der Waals surface area contributed by atoms with Gasteiger partial charge in [0.2, 0.25) is 5.91 Å². The van der Waals surface area contributed by atoms with Gasteiger partial charge in [0.05, 0.1) is 0 Å². The highest BCUT2D eigenvalue weighted by Gasteiger charge is 2.23. The van der Waals surface area contributed by atoms with E-state index >= 15 is 0 Å². The van der Waals surface area contributed by atoms with E-state index in [4.69, 9.17) is 0 Å². The molecule has 3 heteroatoms. The Morgan fingerprint density at radius 2 is 2.20 bits per heavy atom. The number of fused-ring (bicyclic) bond motifs is 1. The molecule has 3 nitrogen and oxygen atoms in total. The van der Waals surface area contributed by atoms with Crippen molar-refractivity contribution in [2.75, 3.05) is 13.6 Å². The second-order valence-corrected chi connectivity index (χ2v) is 3.94. The zero-order valence-electron chi connectivity index (χ0n) is 9.16. The first-order valence-corrected chi connectivity index (χ1v) is 5.24. The van der Waals surface area contributed by atoms with E-state index in [0.717, 1.165) is 13.0 Å². The van der Waals surface area contributed by atoms with Crippen molar-refractivity contribution in [1.29, 1.82) is 0 Å². The largest absolute Gasteiger partial charge is 0.326 e. The summed E-state index contributed by atoms with van der Waals surface area (Å²) in [6.45, 7) is 2.53. The molecule has 0 fully saturated rings. The molecule has 1 aromatic carbocycles. The van der Waals surface area contributed by atoms with Crippen molar-refractivity contribution in [1.82, 2.24) is 10.2 Å². The number of carbonyl (C=O) groups excluding carboxylic acids is 1. The Labute approximate surface area is 90.1 Å². The van der Waals surface area contributed by atoms with Crippen molar-refractivity contribution >= 4 is 5.91 Å². The van der Waals surface area contributed by atoms with Gasteiger partial charge in [0.25, 0.3) is 0 Å². The molecule has 0 bridgehead atoms. The molecule has 0 saturated carbocycles. The Kier molecular flexibility index (Phi) is 2.73. The van der Waals surface area contributed by atoms with Crippen molar-refractivity contribution in [3.05, 3.63) is 35.4 Å². The average molecular weight is 204 g/mol. The lowest BCUT2D eigenvalue weighted by atomic mass is 9.98. The molecule has 1 aliphatic rings. The molecule has 0 saturated heterocycles. The van der Waals surface area contributed by atoms with Gasteiger partial charge >= 0.3 is 0 Å². The lowest BCUT2D eigenvalue weighted by molar-refractivity contribution is -0.130. The van der Waals surface area contributed by atoms with Crippen molar-refractivity contribution in [2.24, 2.45) is 0 Å². The summed E-state index contributed by atoms with van der Waals surface area (Å²) in [6, 6.07) is 8.30. The summed E-state index contributed by atoms with van der Waals surface area (Å²) in [5, 5.41) is 3.36. The molecule has 1 aromatic rings. The molecule has 0 aliphatic carbocycles. The van der Waals surface area contributed by atoms with Gasteiger partial charge in [-0.2, -0.15) is 0 Å². The number of nitrogens with one attached hydrogen (secondary N) is 1. The van der Waals surface area contributed by atoms with Gasteiger partial charge in [0.15, 0.2) is 0 Å². The fourth-order valence-corrected chi connectivity index (χ4v) is 2.01. The van der Waals surface area contributed by atoms with Crippen LogP contribution in [0.5, 0.6) is 0 Å². The molecular weight excluding hydrogens is 188 g/mol. The molecule has 0 radical (unpaired) electrons. The molecule has 15 heavy (non-hydrogen) atoms. The standard InChI is InChI=1S/C12H16N2O/c1-9(15)14(2)12-11-6-4-3-5-10(11)7-8-13-12/h3-6,12-13H,7-8H2,1-2H3. The monoisotopic (exact) mass is 204 g/mol. The van der Waals surface area contributed by atoms with Gasteiger partial charge in [-0.3, -0.25) is 10.1 Å². The number of carbonyl (C=O) groups is 1. The van der Waals surface area contributed by atoms with Crippen LogP contribution >= 0.6 is 0 Å². The molecule has 1 amide bonds. The minimum Gasteiger partial charge on any atom is -0.326 e. The Balaban J connectivity index is 2.33. The maximum Gasteiger partial charge on any atom is 0.220 e. The van der Waals surface area contributed by atoms with Crippen molar-refractivity contribution in [3.8, 4) is 0 Å². The van der Waals surface area contributed by atoms with Crippen molar-refractivity contribution in [3.63, 3.8) is 0 Å². The highest BCUT2D eigenvalue weighted by Crippen LogP contribution is 2.24. The Bertz CT molecular complexity index is 376. The maximum absolute atomic E-state index is 11.3. The molecular formula is C12H16N2O. The van der Waals surface area contributed by atoms with Crippen molar-refractivity contribution < 1.29 is 4.79 Å². The smallest absolute Gasteiger partial charge is 0.220 e. The van der Waals surface area contributed by atoms with Crippen LogP contribution in [0.25, 0.3) is 0 Å². The fraction of sp³-hybridized carbons (Fsp3) is 0.417. The quantitative estimate of drug-likeness (QED) is 0.748. The van der Waals surface area contributed by atoms with E-state index in [9.17, 15) is 4.79 Å². The first kappa shape index (κ1) is 10.2. The molecule has 1 aliphatic heterocycles. The lowest BCUT2D eigenvalue weighted by Gasteiger charge is -2.33. The van der Waals surface area contributed by atoms with Crippen LogP contribution in [0.2, 0.25) is 0 Å². The summed E-state index contributed by atoms with van der Waals surface area (Å²) in [5.41, 5.74) is 2.57. The minimum atomic E-state index is 0.0347. The number of nitrogens with zero attached hydrogens (tertiary/aromatic N) is 1. The van der Waals surface area contributed by atoms with Crippen LogP contribution in [-0.2, 0) is 11.2 Å². The van der Waals surface area contributed by atoms with Crippen LogP contribution in [0, 0.1) is 0 Å². The summed E-state index contributed by atoms with van der Waals surface area (Å²) in [7, 11) is 1.84. The average Bonchev–Trinajstić information content (AvgIpc) is 2.27. The topological polar surface area (TPSA) is 32.3 Å². The fourth-order valence-electron chi connectivity index (χ4n) is 2.01. The Hall–Kier alpha value is -1.35. The van der Waals surface area contributed by atoms with Crippen LogP contribution < -0.4 is 5.32 Å². The van der Waals surface area contributed by atoms with Gasteiger partial charge in [-0.05, 0) is 17.5 Å². The van der Waals surface area contributed by atoms with Gasteiger partial charge in [-0.1, -0.05) is 24.3 Å². The van der Waals surface area contributed by atoms with Crippen LogP contribution in [-0.4, -0.2) is 24.4 Å². The number of hydrogen-bond acceptors (Lipinski definition) is 2. The molecule has 2 rings (SSSR count). The maximum atomic E-state index is 11.3. The predicted octanol–water partition coefficient (Wildman–Crippen LogP) is 1.31. The van der Waals surface area contributed by atoms with E-state index in [1.807, 2.05) is 13.1 Å². The summed E-state index contributed by atoms with van der Waals surface area (Å²) < 4.78 is 0. The third kappa shape index (κ3) is 1.88. The summed E-state index contributed by atoms with van der Waals surface area (Å²) in [6.07, 6.45) is 1.07. The highest BCUT2D eigenvalue weighted by molar-refractivity contribution is 5.73. The molecule has 1 atom stereocenters. The van der Waals surface area contributed by atoms with E-state index in [1.54, 1.807) is 11.8 Å². The van der Waals surface area contributed by atoms with E-state index in [1.165, 1.54) is 11.1 Å². The Morgan fingerprint density at radius 3 is 2.93 bits per heavy atom. The number of amides is 1. The molecule has 0 spiro atoms. The highest BCUT2D eigenvalue weighted by atomic mass is 16.2. The van der Waals surface area contributed by atoms with Gasteiger partial charge in [0, 0.05) is 20.5 Å². The Morgan fingerprint density at radius 1 is 1.47 bits per heavy atom. The van der Waals surface area contributed by atoms with Gasteiger partial charge < -0.3 is 4.90 Å². The molecule has 1 heterocycles. The SMILES string of the molecule is CC(=O)N(C)C1NCCc2ccccc21. The van der Waals surface area contributed by atoms with Crippen LogP contribution in [0.3, 0.4) is 0 Å². The van der Waals surface area contributed by atoms with E-state index in [-0.39, 0.29) is 12.1 Å². The summed E-state index contributed by atoms with van der Waals surface area (Å²) in [5.74, 6) is 0.0872. The predicted molar refractivity (Wildman–Crippen MR) is 59.3 cm³/mol. The second kappa shape index (κ2) is 4.03. The van der Waals surface area contributed by atoms with Gasteiger partial charge in [-0.15, -0.1) is 0 Å². The second-order valence-electron chi connectivity index (χ2n) is 3.94. The van der Waals surface area contributed by atoms with Gasteiger partial charge in [-0.25, -0.2) is 0 Å². The molecule has 80 valence electrons. The van der Waals surface area contributed by atoms with Crippen LogP contribution in [0.1, 0.15) is 24.2 Å². The zero-order chi connectivity index (χ0) is 10.8. The molecule has 1 unspecified atom stereocenters. The normalized spacial score (nSPS) is 19.5. The van der Waals surface area contributed by atoms with E-state index in [2.05, 4.69) is 23.5 Å². The first-order valence-electron chi connectivity index (χ1n) is 5.24. The van der Waals surface area contributed by atoms with Crippen LogP contribution in [0.4, 0.5) is 0 Å².